The molecule has 1 saturated heterocycles. The third kappa shape index (κ3) is 4.34. The van der Waals surface area contributed by atoms with E-state index in [0.717, 1.165) is 28.2 Å². The van der Waals surface area contributed by atoms with Crippen LogP contribution in [0.15, 0.2) is 70.7 Å². The Morgan fingerprint density at radius 1 is 1.16 bits per heavy atom. The van der Waals surface area contributed by atoms with E-state index in [9.17, 15) is 9.59 Å². The fourth-order valence-corrected chi connectivity index (χ4v) is 4.33. The Balaban J connectivity index is 1.65. The van der Waals surface area contributed by atoms with E-state index in [1.165, 1.54) is 13.2 Å². The number of para-hydroxylation sites is 3. The zero-order valence-corrected chi connectivity index (χ0v) is 17.9. The summed E-state index contributed by atoms with van der Waals surface area (Å²) in [7, 11) is 2.85. The Morgan fingerprint density at radius 3 is 2.74 bits per heavy atom. The van der Waals surface area contributed by atoms with Gasteiger partial charge in [-0.2, -0.15) is 0 Å². The summed E-state index contributed by atoms with van der Waals surface area (Å²) < 4.78 is 10.1. The van der Waals surface area contributed by atoms with Crippen molar-refractivity contribution >= 4 is 45.4 Å². The highest BCUT2D eigenvalue weighted by atomic mass is 32.2. The molecule has 2 heterocycles. The molecule has 31 heavy (non-hydrogen) atoms. The number of aromatic amines is 1. The summed E-state index contributed by atoms with van der Waals surface area (Å²) in [6, 6.07) is 15.4. The maximum absolute atomic E-state index is 13.0. The van der Waals surface area contributed by atoms with Crippen molar-refractivity contribution in [2.24, 2.45) is 4.99 Å². The van der Waals surface area contributed by atoms with Gasteiger partial charge in [0.05, 0.1) is 19.1 Å². The fraction of sp³-hybridized carbons (Fsp3) is 0.174. The molecule has 0 saturated carbocycles. The van der Waals surface area contributed by atoms with Crippen LogP contribution in [0.4, 0.5) is 5.69 Å². The van der Waals surface area contributed by atoms with Gasteiger partial charge >= 0.3 is 5.97 Å². The molecule has 0 bridgehead atoms. The summed E-state index contributed by atoms with van der Waals surface area (Å²) in [6.45, 7) is 0.417. The smallest absolute Gasteiger partial charge is 0.331 e. The number of thioether (sulfide) groups is 1. The Hall–Kier alpha value is -3.52. The lowest BCUT2D eigenvalue weighted by Gasteiger charge is -2.16. The van der Waals surface area contributed by atoms with Crippen molar-refractivity contribution in [3.05, 3.63) is 71.3 Å². The van der Waals surface area contributed by atoms with E-state index in [1.54, 1.807) is 12.0 Å². The second-order valence-corrected chi connectivity index (χ2v) is 7.78. The number of amides is 1. The number of methoxy groups -OCH3 is 2. The van der Waals surface area contributed by atoms with Crippen molar-refractivity contribution in [3.63, 3.8) is 0 Å². The van der Waals surface area contributed by atoms with Crippen LogP contribution in [0, 0.1) is 0 Å². The summed E-state index contributed by atoms with van der Waals surface area (Å²) in [5.74, 6) is -0.250. The number of aliphatic imine (C=N–C) groups is 1. The topological polar surface area (TPSA) is 84.0 Å². The Bertz CT molecular complexity index is 1200. The maximum atomic E-state index is 13.0. The second-order valence-electron chi connectivity index (χ2n) is 6.77. The maximum Gasteiger partial charge on any atom is 0.331 e. The van der Waals surface area contributed by atoms with Gasteiger partial charge in [0.15, 0.2) is 5.17 Å². The molecule has 0 spiro atoms. The van der Waals surface area contributed by atoms with E-state index < -0.39 is 5.97 Å². The molecule has 1 amide bonds. The molecule has 7 nitrogen and oxygen atoms in total. The SMILES string of the molecule is COC(=O)/C=C1/SC(=Nc2ccccc2OC)N(CCc2c[nH]c3ccccc23)C1=O. The van der Waals surface area contributed by atoms with Gasteiger partial charge in [-0.05, 0) is 41.9 Å². The summed E-state index contributed by atoms with van der Waals surface area (Å²) in [4.78, 5) is 34.6. The molecule has 0 unspecified atom stereocenters. The first-order valence-corrected chi connectivity index (χ1v) is 10.5. The number of ether oxygens (including phenoxy) is 2. The Labute approximate surface area is 183 Å². The number of hydrogen-bond acceptors (Lipinski definition) is 6. The molecule has 8 heteroatoms. The number of benzene rings is 2. The Morgan fingerprint density at radius 2 is 1.94 bits per heavy atom. The molecule has 0 radical (unpaired) electrons. The lowest BCUT2D eigenvalue weighted by molar-refractivity contribution is -0.135. The van der Waals surface area contributed by atoms with Crippen LogP contribution < -0.4 is 4.74 Å². The molecule has 0 atom stereocenters. The zero-order chi connectivity index (χ0) is 21.8. The van der Waals surface area contributed by atoms with E-state index in [2.05, 4.69) is 14.7 Å². The first kappa shape index (κ1) is 20.7. The van der Waals surface area contributed by atoms with Gasteiger partial charge in [-0.1, -0.05) is 30.3 Å². The van der Waals surface area contributed by atoms with Crippen LogP contribution in [0.2, 0.25) is 0 Å². The van der Waals surface area contributed by atoms with E-state index >= 15 is 0 Å². The van der Waals surface area contributed by atoms with Crippen LogP contribution in [0.1, 0.15) is 5.56 Å². The number of carbonyl (C=O) groups is 2. The van der Waals surface area contributed by atoms with Gasteiger partial charge in [-0.25, -0.2) is 9.79 Å². The molecule has 1 aliphatic rings. The van der Waals surface area contributed by atoms with Crippen LogP contribution in [0.3, 0.4) is 0 Å². The highest BCUT2D eigenvalue weighted by Gasteiger charge is 2.34. The number of rotatable bonds is 6. The van der Waals surface area contributed by atoms with Crippen LogP contribution >= 0.6 is 11.8 Å². The summed E-state index contributed by atoms with van der Waals surface area (Å²) in [5, 5.41) is 1.61. The summed E-state index contributed by atoms with van der Waals surface area (Å²) in [5.41, 5.74) is 2.76. The fourth-order valence-electron chi connectivity index (χ4n) is 3.35. The molecule has 158 valence electrons. The number of amidine groups is 1. The lowest BCUT2D eigenvalue weighted by atomic mass is 10.1. The van der Waals surface area contributed by atoms with Crippen LogP contribution in [-0.2, 0) is 20.7 Å². The van der Waals surface area contributed by atoms with E-state index in [0.29, 0.717) is 29.6 Å². The van der Waals surface area contributed by atoms with Crippen molar-refractivity contribution in [3.8, 4) is 5.75 Å². The van der Waals surface area contributed by atoms with Crippen LogP contribution in [0.25, 0.3) is 10.9 Å². The number of esters is 1. The van der Waals surface area contributed by atoms with E-state index in [4.69, 9.17) is 4.74 Å². The molecular formula is C23H21N3O4S. The predicted molar refractivity (Wildman–Crippen MR) is 121 cm³/mol. The Kier molecular flexibility index (Phi) is 6.08. The van der Waals surface area contributed by atoms with Crippen molar-refractivity contribution in [2.75, 3.05) is 20.8 Å². The number of hydrogen-bond donors (Lipinski definition) is 1. The summed E-state index contributed by atoms with van der Waals surface area (Å²) in [6.07, 6.45) is 3.80. The minimum Gasteiger partial charge on any atom is -0.494 e. The quantitative estimate of drug-likeness (QED) is 0.467. The molecule has 0 aliphatic carbocycles. The van der Waals surface area contributed by atoms with Gasteiger partial charge in [0.2, 0.25) is 0 Å². The van der Waals surface area contributed by atoms with Gasteiger partial charge in [0.1, 0.15) is 11.4 Å². The second kappa shape index (κ2) is 9.09. The first-order chi connectivity index (χ1) is 15.1. The minimum absolute atomic E-state index is 0.274. The van der Waals surface area contributed by atoms with E-state index in [1.807, 2.05) is 54.7 Å². The van der Waals surface area contributed by atoms with Crippen LogP contribution in [-0.4, -0.2) is 47.7 Å². The van der Waals surface area contributed by atoms with Gasteiger partial charge in [-0.3, -0.25) is 9.69 Å². The molecule has 1 fully saturated rings. The van der Waals surface area contributed by atoms with Gasteiger partial charge in [0, 0.05) is 29.7 Å². The average Bonchev–Trinajstić information content (AvgIpc) is 3.33. The largest absolute Gasteiger partial charge is 0.494 e. The van der Waals surface area contributed by atoms with Crippen molar-refractivity contribution in [1.82, 2.24) is 9.88 Å². The van der Waals surface area contributed by atoms with Crippen molar-refractivity contribution < 1.29 is 19.1 Å². The molecule has 1 aliphatic heterocycles. The number of nitrogens with one attached hydrogen (secondary N) is 1. The number of carbonyl (C=O) groups excluding carboxylic acids is 2. The number of fused-ring (bicyclic) bond motifs is 1. The lowest BCUT2D eigenvalue weighted by Crippen LogP contribution is -2.31. The van der Waals surface area contributed by atoms with E-state index in [-0.39, 0.29) is 10.8 Å². The highest BCUT2D eigenvalue weighted by Crippen LogP contribution is 2.35. The number of nitrogens with zero attached hydrogens (tertiary/aromatic N) is 2. The number of H-pyrrole nitrogens is 1. The van der Waals surface area contributed by atoms with Gasteiger partial charge in [-0.15, -0.1) is 0 Å². The molecule has 3 aromatic rings. The van der Waals surface area contributed by atoms with Gasteiger partial charge < -0.3 is 14.5 Å². The third-order valence-corrected chi connectivity index (χ3v) is 5.93. The minimum atomic E-state index is -0.578. The molecule has 2 aromatic carbocycles. The normalized spacial score (nSPS) is 16.5. The van der Waals surface area contributed by atoms with Gasteiger partial charge in [0.25, 0.3) is 5.91 Å². The third-order valence-electron chi connectivity index (χ3n) is 4.92. The highest BCUT2D eigenvalue weighted by molar-refractivity contribution is 8.18. The standard InChI is InChI=1S/C23H21N3O4S/c1-29-19-10-6-5-9-18(19)25-23-26(22(28)20(31-23)13-21(27)30-2)12-11-15-14-24-17-8-4-3-7-16(15)17/h3-10,13-14,24H,11-12H2,1-2H3/b20-13+,25-23?. The first-order valence-electron chi connectivity index (χ1n) is 9.66. The molecule has 1 aromatic heterocycles. The predicted octanol–water partition coefficient (Wildman–Crippen LogP) is 4.04. The average molecular weight is 436 g/mol. The molecule has 4 rings (SSSR count). The monoisotopic (exact) mass is 435 g/mol. The molecule has 1 N–H and O–H groups in total. The molecular weight excluding hydrogens is 414 g/mol. The van der Waals surface area contributed by atoms with Crippen molar-refractivity contribution in [2.45, 2.75) is 6.42 Å². The zero-order valence-electron chi connectivity index (χ0n) is 17.1. The number of aromatic nitrogens is 1. The van der Waals surface area contributed by atoms with Crippen LogP contribution in [0.5, 0.6) is 5.75 Å². The van der Waals surface area contributed by atoms with Crippen molar-refractivity contribution in [1.29, 1.82) is 0 Å². The summed E-state index contributed by atoms with van der Waals surface area (Å²) >= 11 is 1.15.